The van der Waals surface area contributed by atoms with Gasteiger partial charge in [0, 0.05) is 0 Å². The van der Waals surface area contributed by atoms with E-state index in [1.54, 1.807) is 18.2 Å². The Morgan fingerprint density at radius 2 is 1.36 bits per heavy atom. The van der Waals surface area contributed by atoms with Gasteiger partial charge >= 0.3 is 5.97 Å². The van der Waals surface area contributed by atoms with Crippen LogP contribution in [0, 0.1) is 0 Å². The van der Waals surface area contributed by atoms with E-state index in [0.29, 0.717) is 6.61 Å². The Labute approximate surface area is 152 Å². The second-order valence-electron chi connectivity index (χ2n) is 6.47. The van der Waals surface area contributed by atoms with Gasteiger partial charge in [-0.1, -0.05) is 82.9 Å². The molecule has 0 aromatic heterocycles. The van der Waals surface area contributed by atoms with Crippen LogP contribution >= 0.6 is 0 Å². The Morgan fingerprint density at radius 1 is 0.840 bits per heavy atom. The van der Waals surface area contributed by atoms with Crippen molar-refractivity contribution >= 4 is 15.8 Å². The lowest BCUT2D eigenvalue weighted by Gasteiger charge is -2.06. The van der Waals surface area contributed by atoms with Crippen LogP contribution in [-0.4, -0.2) is 26.7 Å². The summed E-state index contributed by atoms with van der Waals surface area (Å²) in [6.45, 7) is 2.53. The number of carbonyl (C=O) groups is 1. The smallest absolute Gasteiger partial charge is 0.321 e. The number of carbonyl (C=O) groups excluding carboxylic acids is 1. The molecule has 1 rings (SSSR count). The van der Waals surface area contributed by atoms with E-state index in [-0.39, 0.29) is 4.90 Å². The Hall–Kier alpha value is -1.36. The monoisotopic (exact) mass is 368 g/mol. The summed E-state index contributed by atoms with van der Waals surface area (Å²) < 4.78 is 29.1. The minimum absolute atomic E-state index is 0.158. The predicted molar refractivity (Wildman–Crippen MR) is 101 cm³/mol. The summed E-state index contributed by atoms with van der Waals surface area (Å²) in [4.78, 5) is 11.8. The fraction of sp³-hybridized carbons (Fsp3) is 0.650. The molecule has 25 heavy (non-hydrogen) atoms. The summed E-state index contributed by atoms with van der Waals surface area (Å²) in [6.07, 6.45) is 12.1. The molecule has 0 bridgehead atoms. The second kappa shape index (κ2) is 12.9. The van der Waals surface area contributed by atoms with E-state index in [1.165, 1.54) is 57.1 Å². The number of esters is 1. The Kier molecular flexibility index (Phi) is 11.2. The highest BCUT2D eigenvalue weighted by Crippen LogP contribution is 2.12. The van der Waals surface area contributed by atoms with Crippen LogP contribution in [0.5, 0.6) is 0 Å². The molecule has 1 aromatic carbocycles. The molecule has 0 amide bonds. The molecule has 0 N–H and O–H groups in total. The predicted octanol–water partition coefficient (Wildman–Crippen LogP) is 4.92. The summed E-state index contributed by atoms with van der Waals surface area (Å²) in [5.41, 5.74) is 0. The van der Waals surface area contributed by atoms with Crippen LogP contribution in [-0.2, 0) is 19.4 Å². The van der Waals surface area contributed by atoms with Crippen molar-refractivity contribution in [2.75, 3.05) is 12.4 Å². The van der Waals surface area contributed by atoms with Crippen molar-refractivity contribution in [3.63, 3.8) is 0 Å². The van der Waals surface area contributed by atoms with E-state index in [0.717, 1.165) is 19.3 Å². The number of ether oxygens (including phenoxy) is 1. The number of hydrogen-bond donors (Lipinski definition) is 0. The van der Waals surface area contributed by atoms with Crippen LogP contribution in [0.4, 0.5) is 0 Å². The largest absolute Gasteiger partial charge is 0.465 e. The fourth-order valence-corrected chi connectivity index (χ4v) is 3.82. The van der Waals surface area contributed by atoms with Crippen LogP contribution in [0.2, 0.25) is 0 Å². The van der Waals surface area contributed by atoms with E-state index in [1.807, 2.05) is 0 Å². The maximum absolute atomic E-state index is 12.0. The summed E-state index contributed by atoms with van der Waals surface area (Å²) >= 11 is 0. The van der Waals surface area contributed by atoms with Gasteiger partial charge in [-0.05, 0) is 18.6 Å². The first-order valence-corrected chi connectivity index (χ1v) is 11.1. The number of hydrogen-bond acceptors (Lipinski definition) is 4. The molecule has 0 saturated carbocycles. The third-order valence-electron chi connectivity index (χ3n) is 4.17. The van der Waals surface area contributed by atoms with Crippen molar-refractivity contribution in [3.8, 4) is 0 Å². The molecule has 1 aromatic rings. The van der Waals surface area contributed by atoms with Crippen LogP contribution in [0.3, 0.4) is 0 Å². The maximum atomic E-state index is 12.0. The van der Waals surface area contributed by atoms with E-state index in [2.05, 4.69) is 6.92 Å². The zero-order valence-electron chi connectivity index (χ0n) is 15.4. The highest BCUT2D eigenvalue weighted by Gasteiger charge is 2.19. The Bertz CT molecular complexity index is 567. The highest BCUT2D eigenvalue weighted by molar-refractivity contribution is 7.92. The van der Waals surface area contributed by atoms with Crippen molar-refractivity contribution in [1.29, 1.82) is 0 Å². The van der Waals surface area contributed by atoms with Gasteiger partial charge in [0.2, 0.25) is 0 Å². The summed E-state index contributed by atoms with van der Waals surface area (Å²) in [7, 11) is -3.60. The van der Waals surface area contributed by atoms with E-state index >= 15 is 0 Å². The SMILES string of the molecule is CCCCCCCCCCCCOC(=O)CS(=O)(=O)c1ccccc1. The van der Waals surface area contributed by atoms with Gasteiger partial charge in [-0.2, -0.15) is 0 Å². The van der Waals surface area contributed by atoms with Gasteiger partial charge in [-0.25, -0.2) is 8.42 Å². The summed E-state index contributed by atoms with van der Waals surface area (Å²) in [5.74, 6) is -1.26. The standard InChI is InChI=1S/C20H32O4S/c1-2-3-4-5-6-7-8-9-10-14-17-24-20(21)18-25(22,23)19-15-12-11-13-16-19/h11-13,15-16H,2-10,14,17-18H2,1H3. The van der Waals surface area contributed by atoms with Crippen molar-refractivity contribution in [2.45, 2.75) is 76.0 Å². The van der Waals surface area contributed by atoms with Crippen LogP contribution < -0.4 is 0 Å². The van der Waals surface area contributed by atoms with Crippen LogP contribution in [0.25, 0.3) is 0 Å². The Morgan fingerprint density at radius 3 is 1.92 bits per heavy atom. The molecular weight excluding hydrogens is 336 g/mol. The molecule has 0 aliphatic carbocycles. The van der Waals surface area contributed by atoms with E-state index in [4.69, 9.17) is 4.74 Å². The molecule has 0 aliphatic heterocycles. The molecule has 4 nitrogen and oxygen atoms in total. The molecule has 0 atom stereocenters. The molecule has 0 aliphatic rings. The third kappa shape index (κ3) is 10.3. The van der Waals surface area contributed by atoms with Crippen molar-refractivity contribution in [3.05, 3.63) is 30.3 Å². The zero-order valence-corrected chi connectivity index (χ0v) is 16.2. The first-order valence-electron chi connectivity index (χ1n) is 9.49. The molecule has 0 heterocycles. The second-order valence-corrected chi connectivity index (χ2v) is 8.46. The number of unbranched alkanes of at least 4 members (excludes halogenated alkanes) is 9. The average Bonchev–Trinajstić information content (AvgIpc) is 2.60. The summed E-state index contributed by atoms with van der Waals surface area (Å²) in [6, 6.07) is 8.00. The Balaban J connectivity index is 2.04. The quantitative estimate of drug-likeness (QED) is 0.345. The molecule has 0 spiro atoms. The molecule has 5 heteroatoms. The lowest BCUT2D eigenvalue weighted by Crippen LogP contribution is -2.19. The minimum atomic E-state index is -3.60. The van der Waals surface area contributed by atoms with Crippen molar-refractivity contribution in [1.82, 2.24) is 0 Å². The first kappa shape index (κ1) is 21.7. The van der Waals surface area contributed by atoms with Gasteiger partial charge in [-0.3, -0.25) is 4.79 Å². The molecule has 0 saturated heterocycles. The van der Waals surface area contributed by atoms with E-state index < -0.39 is 21.6 Å². The van der Waals surface area contributed by atoms with Gasteiger partial charge < -0.3 is 4.74 Å². The van der Waals surface area contributed by atoms with Crippen LogP contribution in [0.1, 0.15) is 71.1 Å². The highest BCUT2D eigenvalue weighted by atomic mass is 32.2. The molecule has 0 unspecified atom stereocenters. The molecule has 0 radical (unpaired) electrons. The number of benzene rings is 1. The van der Waals surface area contributed by atoms with Crippen LogP contribution in [0.15, 0.2) is 35.2 Å². The number of rotatable bonds is 14. The average molecular weight is 369 g/mol. The van der Waals surface area contributed by atoms with Crippen molar-refractivity contribution < 1.29 is 17.9 Å². The topological polar surface area (TPSA) is 60.4 Å². The zero-order chi connectivity index (χ0) is 18.4. The van der Waals surface area contributed by atoms with Gasteiger partial charge in [0.1, 0.15) is 0 Å². The van der Waals surface area contributed by atoms with Gasteiger partial charge in [0.15, 0.2) is 15.6 Å². The fourth-order valence-electron chi connectivity index (χ4n) is 2.68. The molecular formula is C20H32O4S. The molecule has 0 fully saturated rings. The van der Waals surface area contributed by atoms with Crippen molar-refractivity contribution in [2.24, 2.45) is 0 Å². The molecule has 142 valence electrons. The van der Waals surface area contributed by atoms with Gasteiger partial charge in [-0.15, -0.1) is 0 Å². The maximum Gasteiger partial charge on any atom is 0.321 e. The summed E-state index contributed by atoms with van der Waals surface area (Å²) in [5, 5.41) is 0. The normalized spacial score (nSPS) is 11.4. The van der Waals surface area contributed by atoms with Gasteiger partial charge in [0.25, 0.3) is 0 Å². The number of sulfone groups is 1. The third-order valence-corrected chi connectivity index (χ3v) is 5.78. The lowest BCUT2D eigenvalue weighted by molar-refractivity contribution is -0.140. The van der Waals surface area contributed by atoms with Gasteiger partial charge in [0.05, 0.1) is 11.5 Å². The first-order chi connectivity index (χ1) is 12.1. The minimum Gasteiger partial charge on any atom is -0.465 e. The van der Waals surface area contributed by atoms with E-state index in [9.17, 15) is 13.2 Å². The lowest BCUT2D eigenvalue weighted by atomic mass is 10.1.